The maximum Gasteiger partial charge on any atom is 0.261 e. The van der Waals surface area contributed by atoms with E-state index in [9.17, 15) is 4.79 Å². The molecule has 0 aliphatic heterocycles. The second kappa shape index (κ2) is 6.12. The molecule has 92 valence electrons. The highest BCUT2D eigenvalue weighted by atomic mass is 32.2. The Hall–Kier alpha value is -1.94. The Morgan fingerprint density at radius 1 is 1.06 bits per heavy atom. The van der Waals surface area contributed by atoms with Gasteiger partial charge in [0.2, 0.25) is 0 Å². The number of nitrogens with one attached hydrogen (secondary N) is 1. The number of rotatable bonds is 4. The molecule has 3 nitrogen and oxygen atoms in total. The van der Waals surface area contributed by atoms with Crippen molar-refractivity contribution in [2.75, 3.05) is 7.11 Å². The highest BCUT2D eigenvalue weighted by Crippen LogP contribution is 2.26. The van der Waals surface area contributed by atoms with Crippen LogP contribution in [0.15, 0.2) is 59.5 Å². The molecule has 0 heterocycles. The molecule has 1 amide bonds. The zero-order valence-electron chi connectivity index (χ0n) is 9.92. The van der Waals surface area contributed by atoms with Crippen molar-refractivity contribution in [3.05, 3.63) is 60.2 Å². The largest absolute Gasteiger partial charge is 0.496 e. The number of carbonyl (C=O) groups is 1. The molecule has 0 bridgehead atoms. The van der Waals surface area contributed by atoms with E-state index < -0.39 is 0 Å². The SMILES string of the molecule is COc1ccccc1SNC(=O)c1ccccc1. The highest BCUT2D eigenvalue weighted by Gasteiger charge is 2.07. The predicted molar refractivity (Wildman–Crippen MR) is 72.8 cm³/mol. The van der Waals surface area contributed by atoms with E-state index in [4.69, 9.17) is 4.74 Å². The van der Waals surface area contributed by atoms with Gasteiger partial charge in [0.1, 0.15) is 5.75 Å². The second-order valence-electron chi connectivity index (χ2n) is 3.55. The van der Waals surface area contributed by atoms with Crippen molar-refractivity contribution in [3.63, 3.8) is 0 Å². The van der Waals surface area contributed by atoms with Gasteiger partial charge < -0.3 is 4.74 Å². The molecule has 2 rings (SSSR count). The van der Waals surface area contributed by atoms with E-state index in [1.807, 2.05) is 42.5 Å². The Morgan fingerprint density at radius 3 is 2.44 bits per heavy atom. The van der Waals surface area contributed by atoms with Gasteiger partial charge in [0, 0.05) is 5.56 Å². The topological polar surface area (TPSA) is 38.3 Å². The summed E-state index contributed by atoms with van der Waals surface area (Å²) in [5, 5.41) is 0. The summed E-state index contributed by atoms with van der Waals surface area (Å²) in [6.45, 7) is 0. The Labute approximate surface area is 110 Å². The minimum absolute atomic E-state index is 0.119. The first-order valence-electron chi connectivity index (χ1n) is 5.46. The normalized spacial score (nSPS) is 9.83. The van der Waals surface area contributed by atoms with Gasteiger partial charge in [0.05, 0.1) is 12.0 Å². The van der Waals surface area contributed by atoms with Crippen molar-refractivity contribution in [2.24, 2.45) is 0 Å². The van der Waals surface area contributed by atoms with E-state index in [0.717, 1.165) is 10.6 Å². The van der Waals surface area contributed by atoms with Crippen LogP contribution in [-0.2, 0) is 0 Å². The van der Waals surface area contributed by atoms with E-state index in [0.29, 0.717) is 5.56 Å². The third-order valence-corrected chi connectivity index (χ3v) is 3.20. The molecule has 4 heteroatoms. The Morgan fingerprint density at radius 2 is 1.72 bits per heavy atom. The van der Waals surface area contributed by atoms with Crippen LogP contribution in [0.1, 0.15) is 10.4 Å². The first kappa shape index (κ1) is 12.5. The van der Waals surface area contributed by atoms with Gasteiger partial charge in [-0.25, -0.2) is 0 Å². The molecule has 0 saturated heterocycles. The number of para-hydroxylation sites is 1. The lowest BCUT2D eigenvalue weighted by Gasteiger charge is -2.08. The van der Waals surface area contributed by atoms with E-state index in [-0.39, 0.29) is 5.91 Å². The minimum atomic E-state index is -0.119. The lowest BCUT2D eigenvalue weighted by atomic mass is 10.2. The van der Waals surface area contributed by atoms with Crippen molar-refractivity contribution in [1.29, 1.82) is 0 Å². The molecule has 0 saturated carbocycles. The third-order valence-electron chi connectivity index (χ3n) is 2.36. The fourth-order valence-electron chi connectivity index (χ4n) is 1.45. The lowest BCUT2D eigenvalue weighted by molar-refractivity contribution is 0.0984. The van der Waals surface area contributed by atoms with Gasteiger partial charge in [-0.1, -0.05) is 30.3 Å². The fourth-order valence-corrected chi connectivity index (χ4v) is 2.17. The van der Waals surface area contributed by atoms with Crippen LogP contribution in [0.3, 0.4) is 0 Å². The van der Waals surface area contributed by atoms with Gasteiger partial charge in [-0.3, -0.25) is 9.52 Å². The first-order chi connectivity index (χ1) is 8.81. The number of carbonyl (C=O) groups excluding carboxylic acids is 1. The molecule has 0 aliphatic carbocycles. The molecule has 18 heavy (non-hydrogen) atoms. The standard InChI is InChI=1S/C14H13NO2S/c1-17-12-9-5-6-10-13(12)18-15-14(16)11-7-3-2-4-8-11/h2-10H,1H3,(H,15,16). The summed E-state index contributed by atoms with van der Waals surface area (Å²) in [4.78, 5) is 12.7. The predicted octanol–water partition coefficient (Wildman–Crippen LogP) is 3.13. The van der Waals surface area contributed by atoms with Crippen molar-refractivity contribution in [1.82, 2.24) is 4.72 Å². The monoisotopic (exact) mass is 259 g/mol. The summed E-state index contributed by atoms with van der Waals surface area (Å²) in [6.07, 6.45) is 0. The summed E-state index contributed by atoms with van der Waals surface area (Å²) in [6, 6.07) is 16.7. The number of ether oxygens (including phenoxy) is 1. The second-order valence-corrected chi connectivity index (χ2v) is 4.40. The van der Waals surface area contributed by atoms with Gasteiger partial charge in [-0.05, 0) is 36.2 Å². The van der Waals surface area contributed by atoms with Gasteiger partial charge in [-0.15, -0.1) is 0 Å². The molecule has 0 aromatic heterocycles. The average Bonchev–Trinajstić information content (AvgIpc) is 2.46. The van der Waals surface area contributed by atoms with Crippen LogP contribution >= 0.6 is 11.9 Å². The molecule has 0 fully saturated rings. The van der Waals surface area contributed by atoms with Gasteiger partial charge in [-0.2, -0.15) is 0 Å². The van der Waals surface area contributed by atoms with Crippen LogP contribution in [-0.4, -0.2) is 13.0 Å². The Kier molecular flexibility index (Phi) is 4.25. The molecule has 1 N–H and O–H groups in total. The maximum absolute atomic E-state index is 11.8. The van der Waals surface area contributed by atoms with Gasteiger partial charge in [0.15, 0.2) is 0 Å². The molecule has 2 aromatic rings. The number of amides is 1. The summed E-state index contributed by atoms with van der Waals surface area (Å²) >= 11 is 1.25. The van der Waals surface area contributed by atoms with Crippen LogP contribution in [0, 0.1) is 0 Å². The number of hydrogen-bond donors (Lipinski definition) is 1. The Balaban J connectivity index is 2.02. The molecule has 0 unspecified atom stereocenters. The zero-order chi connectivity index (χ0) is 12.8. The van der Waals surface area contributed by atoms with Crippen LogP contribution < -0.4 is 9.46 Å². The zero-order valence-corrected chi connectivity index (χ0v) is 10.7. The number of hydrogen-bond acceptors (Lipinski definition) is 3. The van der Waals surface area contributed by atoms with Crippen molar-refractivity contribution in [3.8, 4) is 5.75 Å². The quantitative estimate of drug-likeness (QED) is 0.857. The molecule has 2 aromatic carbocycles. The minimum Gasteiger partial charge on any atom is -0.496 e. The van der Waals surface area contributed by atoms with Crippen molar-refractivity contribution in [2.45, 2.75) is 4.90 Å². The average molecular weight is 259 g/mol. The third kappa shape index (κ3) is 3.05. The fraction of sp³-hybridized carbons (Fsp3) is 0.0714. The molecule has 0 spiro atoms. The van der Waals surface area contributed by atoms with Crippen molar-refractivity contribution < 1.29 is 9.53 Å². The molecular formula is C14H13NO2S. The van der Waals surface area contributed by atoms with E-state index in [1.165, 1.54) is 11.9 Å². The number of benzene rings is 2. The molecular weight excluding hydrogens is 246 g/mol. The highest BCUT2D eigenvalue weighted by molar-refractivity contribution is 7.98. The maximum atomic E-state index is 11.8. The summed E-state index contributed by atoms with van der Waals surface area (Å²) in [5.74, 6) is 0.627. The van der Waals surface area contributed by atoms with Crippen LogP contribution in [0.25, 0.3) is 0 Å². The summed E-state index contributed by atoms with van der Waals surface area (Å²) in [7, 11) is 1.61. The molecule has 0 aliphatic rings. The number of methoxy groups -OCH3 is 1. The first-order valence-corrected chi connectivity index (χ1v) is 6.28. The van der Waals surface area contributed by atoms with Crippen LogP contribution in [0.4, 0.5) is 0 Å². The van der Waals surface area contributed by atoms with E-state index >= 15 is 0 Å². The summed E-state index contributed by atoms with van der Waals surface area (Å²) in [5.41, 5.74) is 0.639. The molecule has 0 atom stereocenters. The smallest absolute Gasteiger partial charge is 0.261 e. The Bertz CT molecular complexity index is 528. The van der Waals surface area contributed by atoms with E-state index in [2.05, 4.69) is 4.72 Å². The lowest BCUT2D eigenvalue weighted by Crippen LogP contribution is -2.15. The van der Waals surface area contributed by atoms with Crippen LogP contribution in [0.5, 0.6) is 5.75 Å². The van der Waals surface area contributed by atoms with Gasteiger partial charge >= 0.3 is 0 Å². The molecule has 0 radical (unpaired) electrons. The van der Waals surface area contributed by atoms with Crippen molar-refractivity contribution >= 4 is 17.9 Å². The van der Waals surface area contributed by atoms with Crippen LogP contribution in [0.2, 0.25) is 0 Å². The van der Waals surface area contributed by atoms with Gasteiger partial charge in [0.25, 0.3) is 5.91 Å². The summed E-state index contributed by atoms with van der Waals surface area (Å²) < 4.78 is 8.00. The van der Waals surface area contributed by atoms with E-state index in [1.54, 1.807) is 19.2 Å².